The van der Waals surface area contributed by atoms with Crippen LogP contribution in [0.4, 0.5) is 0 Å². The molecular formula is C17H14BrIN2. The van der Waals surface area contributed by atoms with Gasteiger partial charge >= 0.3 is 0 Å². The van der Waals surface area contributed by atoms with Gasteiger partial charge in [-0.25, -0.2) is 4.98 Å². The lowest BCUT2D eigenvalue weighted by atomic mass is 10.1. The van der Waals surface area contributed by atoms with Crippen LogP contribution in [-0.2, 0) is 7.05 Å². The molecule has 2 aliphatic rings. The van der Waals surface area contributed by atoms with Crippen LogP contribution in [0.3, 0.4) is 0 Å². The first kappa shape index (κ1) is 14.8. The molecule has 21 heavy (non-hydrogen) atoms. The van der Waals surface area contributed by atoms with Gasteiger partial charge in [0.2, 0.25) is 0 Å². The molecule has 0 bridgehead atoms. The molecule has 0 saturated carbocycles. The molecule has 2 heterocycles. The van der Waals surface area contributed by atoms with Gasteiger partial charge in [-0.2, -0.15) is 0 Å². The zero-order valence-corrected chi connectivity index (χ0v) is 15.6. The summed E-state index contributed by atoms with van der Waals surface area (Å²) in [5, 5.41) is 2.42. The smallest absolute Gasteiger partial charge is 0.0887 e. The number of benzene rings is 2. The van der Waals surface area contributed by atoms with Crippen molar-refractivity contribution in [1.29, 1.82) is 0 Å². The van der Waals surface area contributed by atoms with Crippen molar-refractivity contribution in [3.63, 3.8) is 0 Å². The average molecular weight is 453 g/mol. The predicted octanol–water partition coefficient (Wildman–Crippen LogP) is 5.52. The largest absolute Gasteiger partial charge is 0.342 e. The van der Waals surface area contributed by atoms with E-state index < -0.39 is 0 Å². The lowest BCUT2D eigenvalue weighted by Crippen LogP contribution is -1.99. The summed E-state index contributed by atoms with van der Waals surface area (Å²) in [7, 11) is 2.12. The maximum atomic E-state index is 4.75. The lowest BCUT2D eigenvalue weighted by Gasteiger charge is -2.12. The number of fused-ring (bicyclic) bond motifs is 4. The maximum absolute atomic E-state index is 4.75. The molecular weight excluding hydrogens is 439 g/mol. The van der Waals surface area contributed by atoms with E-state index in [1.54, 1.807) is 0 Å². The summed E-state index contributed by atoms with van der Waals surface area (Å²) >= 11 is 3.55. The van der Waals surface area contributed by atoms with Crippen molar-refractivity contribution in [2.24, 2.45) is 7.05 Å². The van der Waals surface area contributed by atoms with Gasteiger partial charge in [0.1, 0.15) is 0 Å². The molecule has 0 aliphatic carbocycles. The van der Waals surface area contributed by atoms with E-state index in [1.165, 1.54) is 27.5 Å². The molecule has 0 unspecified atom stereocenters. The second-order valence-electron chi connectivity index (χ2n) is 5.27. The highest BCUT2D eigenvalue weighted by molar-refractivity contribution is 14.0. The molecule has 106 valence electrons. The van der Waals surface area contributed by atoms with Gasteiger partial charge in [-0.3, -0.25) is 0 Å². The number of aromatic nitrogens is 2. The Balaban J connectivity index is 0.00000132. The molecule has 2 aromatic rings. The van der Waals surface area contributed by atoms with Gasteiger partial charge in [0.25, 0.3) is 0 Å². The van der Waals surface area contributed by atoms with Crippen molar-refractivity contribution in [1.82, 2.24) is 9.55 Å². The molecule has 0 N–H and O–H groups in total. The monoisotopic (exact) mass is 452 g/mol. The van der Waals surface area contributed by atoms with Crippen molar-refractivity contribution in [3.05, 3.63) is 52.5 Å². The quantitative estimate of drug-likeness (QED) is 0.321. The zero-order valence-electron chi connectivity index (χ0n) is 11.7. The number of halogens is 2. The van der Waals surface area contributed by atoms with Gasteiger partial charge in [0.05, 0.1) is 16.9 Å². The van der Waals surface area contributed by atoms with Crippen molar-refractivity contribution >= 4 is 61.7 Å². The molecule has 2 aliphatic heterocycles. The maximum Gasteiger partial charge on any atom is 0.0887 e. The van der Waals surface area contributed by atoms with Gasteiger partial charge in [-0.1, -0.05) is 28.1 Å². The van der Waals surface area contributed by atoms with E-state index in [1.807, 2.05) is 6.07 Å². The fourth-order valence-electron chi connectivity index (χ4n) is 2.90. The summed E-state index contributed by atoms with van der Waals surface area (Å²) in [6.45, 7) is 2.13. The first-order chi connectivity index (χ1) is 9.63. The number of nitrogens with zero attached hydrogens (tertiary/aromatic N) is 2. The standard InChI is InChI=1S/C17H13BrN2.HI/c1-10-3-4-11-8-15-17(20(2)16(11)7-10)13-9-12(18)5-6-14(13)19-15;/h3-9H,1-2H3;1H. The Morgan fingerprint density at radius 1 is 1.05 bits per heavy atom. The lowest BCUT2D eigenvalue weighted by molar-refractivity contribution is 0.966. The molecule has 2 nitrogen and oxygen atoms in total. The number of pyridine rings is 1. The molecule has 0 atom stereocenters. The predicted molar refractivity (Wildman–Crippen MR) is 103 cm³/mol. The van der Waals surface area contributed by atoms with Gasteiger partial charge in [0, 0.05) is 27.8 Å². The third kappa shape index (κ3) is 2.25. The molecule has 0 aromatic heterocycles. The van der Waals surface area contributed by atoms with E-state index in [4.69, 9.17) is 4.98 Å². The van der Waals surface area contributed by atoms with Crippen molar-refractivity contribution < 1.29 is 0 Å². The fraction of sp³-hybridized carbons (Fsp3) is 0.118. The Bertz CT molecular complexity index is 943. The summed E-state index contributed by atoms with van der Waals surface area (Å²) in [6, 6.07) is 15.0. The van der Waals surface area contributed by atoms with Crippen molar-refractivity contribution in [3.8, 4) is 11.4 Å². The van der Waals surface area contributed by atoms with Crippen LogP contribution in [0.25, 0.3) is 33.2 Å². The normalized spacial score (nSPS) is 11.2. The van der Waals surface area contributed by atoms with E-state index in [0.717, 1.165) is 15.7 Å². The number of aryl methyl sites for hydroxylation is 2. The molecule has 0 fully saturated rings. The summed E-state index contributed by atoms with van der Waals surface area (Å²) in [5.41, 5.74) is 5.81. The van der Waals surface area contributed by atoms with Crippen molar-refractivity contribution in [2.75, 3.05) is 0 Å². The van der Waals surface area contributed by atoms with E-state index in [0.29, 0.717) is 0 Å². The molecule has 0 spiro atoms. The Morgan fingerprint density at radius 2 is 1.86 bits per heavy atom. The molecule has 2 aromatic carbocycles. The molecule has 0 radical (unpaired) electrons. The second-order valence-corrected chi connectivity index (χ2v) is 6.19. The fourth-order valence-corrected chi connectivity index (χ4v) is 3.26. The second kappa shape index (κ2) is 5.25. The first-order valence-electron chi connectivity index (χ1n) is 6.58. The third-order valence-electron chi connectivity index (χ3n) is 3.87. The Kier molecular flexibility index (Phi) is 3.69. The zero-order chi connectivity index (χ0) is 13.9. The Labute approximate surface area is 148 Å². The Morgan fingerprint density at radius 3 is 2.67 bits per heavy atom. The third-order valence-corrected chi connectivity index (χ3v) is 4.37. The highest BCUT2D eigenvalue weighted by Gasteiger charge is 2.16. The van der Waals surface area contributed by atoms with Crippen LogP contribution in [0, 0.1) is 6.92 Å². The minimum atomic E-state index is 0. The van der Waals surface area contributed by atoms with Crippen LogP contribution in [-0.4, -0.2) is 9.55 Å². The van der Waals surface area contributed by atoms with Gasteiger partial charge < -0.3 is 4.57 Å². The van der Waals surface area contributed by atoms with Crippen LogP contribution in [0.5, 0.6) is 0 Å². The summed E-state index contributed by atoms with van der Waals surface area (Å²) in [4.78, 5) is 4.75. The molecule has 4 rings (SSSR count). The minimum absolute atomic E-state index is 0. The minimum Gasteiger partial charge on any atom is -0.342 e. The number of rotatable bonds is 0. The molecule has 0 amide bonds. The van der Waals surface area contributed by atoms with E-state index in [-0.39, 0.29) is 24.0 Å². The summed E-state index contributed by atoms with van der Waals surface area (Å²) in [5.74, 6) is 0. The van der Waals surface area contributed by atoms with Crippen LogP contribution in [0.2, 0.25) is 0 Å². The first-order valence-corrected chi connectivity index (χ1v) is 7.38. The highest BCUT2D eigenvalue weighted by Crippen LogP contribution is 2.35. The van der Waals surface area contributed by atoms with Crippen molar-refractivity contribution in [2.45, 2.75) is 6.92 Å². The Hall–Kier alpha value is -1.14. The van der Waals surface area contributed by atoms with Gasteiger partial charge in [-0.05, 0) is 42.8 Å². The van der Waals surface area contributed by atoms with Crippen LogP contribution >= 0.6 is 39.9 Å². The molecule has 0 saturated heterocycles. The molecule has 4 heteroatoms. The van der Waals surface area contributed by atoms with Gasteiger partial charge in [-0.15, -0.1) is 24.0 Å². The van der Waals surface area contributed by atoms with Crippen LogP contribution in [0.1, 0.15) is 5.56 Å². The van der Waals surface area contributed by atoms with E-state index in [9.17, 15) is 0 Å². The SMILES string of the molecule is Cc1ccc2cc3nc4ccc(Br)cc4c-3n(C)c2c1.I. The topological polar surface area (TPSA) is 17.8 Å². The highest BCUT2D eigenvalue weighted by atomic mass is 127. The summed E-state index contributed by atoms with van der Waals surface area (Å²) < 4.78 is 3.34. The van der Waals surface area contributed by atoms with Gasteiger partial charge in [0.15, 0.2) is 0 Å². The van der Waals surface area contributed by atoms with E-state index in [2.05, 4.69) is 70.9 Å². The summed E-state index contributed by atoms with van der Waals surface area (Å²) in [6.07, 6.45) is 0. The number of hydrogen-bond donors (Lipinski definition) is 0. The van der Waals surface area contributed by atoms with E-state index >= 15 is 0 Å². The average Bonchev–Trinajstić information content (AvgIpc) is 2.77. The van der Waals surface area contributed by atoms with Crippen LogP contribution in [0.15, 0.2) is 46.9 Å². The number of hydrogen-bond acceptors (Lipinski definition) is 1. The van der Waals surface area contributed by atoms with Crippen LogP contribution < -0.4 is 0 Å².